The molecule has 2 rings (SSSR count). The minimum Gasteiger partial charge on any atom is -0.483 e. The number of amides is 1. The van der Waals surface area contributed by atoms with Gasteiger partial charge in [-0.3, -0.25) is 4.79 Å². The van der Waals surface area contributed by atoms with Crippen molar-refractivity contribution in [3.63, 3.8) is 0 Å². The Bertz CT molecular complexity index is 715. The lowest BCUT2D eigenvalue weighted by atomic mass is 10.0. The average molecular weight is 349 g/mol. The van der Waals surface area contributed by atoms with Crippen LogP contribution in [0.1, 0.15) is 30.9 Å². The molecule has 0 atom stereocenters. The topological polar surface area (TPSA) is 47.6 Å². The number of aryl methyl sites for hydroxylation is 1. The van der Waals surface area contributed by atoms with Gasteiger partial charge >= 0.3 is 6.61 Å². The number of anilines is 1. The van der Waals surface area contributed by atoms with Gasteiger partial charge in [0.05, 0.1) is 0 Å². The maximum Gasteiger partial charge on any atom is 0.387 e. The third-order valence-corrected chi connectivity index (χ3v) is 3.60. The van der Waals surface area contributed by atoms with Gasteiger partial charge in [0, 0.05) is 5.69 Å². The first-order valence-electron chi connectivity index (χ1n) is 7.93. The molecule has 134 valence electrons. The van der Waals surface area contributed by atoms with E-state index < -0.39 is 6.61 Å². The molecule has 4 nitrogen and oxygen atoms in total. The van der Waals surface area contributed by atoms with Crippen LogP contribution in [0.3, 0.4) is 0 Å². The molecule has 1 amide bonds. The SMILES string of the molecule is Cc1ccc(C(C)C)cc1OCC(=O)Nc1ccc(OC(F)F)cc1. The van der Waals surface area contributed by atoms with Crippen LogP contribution in [-0.4, -0.2) is 19.1 Å². The fourth-order valence-corrected chi connectivity index (χ4v) is 2.19. The van der Waals surface area contributed by atoms with Gasteiger partial charge in [-0.2, -0.15) is 8.78 Å². The van der Waals surface area contributed by atoms with Crippen molar-refractivity contribution in [3.8, 4) is 11.5 Å². The highest BCUT2D eigenvalue weighted by Crippen LogP contribution is 2.24. The molecule has 0 saturated carbocycles. The summed E-state index contributed by atoms with van der Waals surface area (Å²) >= 11 is 0. The predicted molar refractivity (Wildman–Crippen MR) is 92.5 cm³/mol. The fraction of sp³-hybridized carbons (Fsp3) is 0.316. The van der Waals surface area contributed by atoms with Crippen molar-refractivity contribution in [1.82, 2.24) is 0 Å². The number of rotatable bonds is 7. The Morgan fingerprint density at radius 3 is 2.40 bits per heavy atom. The van der Waals surface area contributed by atoms with E-state index in [-0.39, 0.29) is 18.3 Å². The van der Waals surface area contributed by atoms with Crippen LogP contribution < -0.4 is 14.8 Å². The van der Waals surface area contributed by atoms with Crippen molar-refractivity contribution in [2.75, 3.05) is 11.9 Å². The van der Waals surface area contributed by atoms with Gasteiger partial charge in [-0.05, 0) is 54.3 Å². The van der Waals surface area contributed by atoms with Crippen LogP contribution in [0, 0.1) is 6.92 Å². The van der Waals surface area contributed by atoms with Gasteiger partial charge < -0.3 is 14.8 Å². The largest absolute Gasteiger partial charge is 0.483 e. The first kappa shape index (κ1) is 18.7. The Morgan fingerprint density at radius 1 is 1.12 bits per heavy atom. The fourth-order valence-electron chi connectivity index (χ4n) is 2.19. The van der Waals surface area contributed by atoms with Gasteiger partial charge in [0.1, 0.15) is 11.5 Å². The molecule has 0 radical (unpaired) electrons. The van der Waals surface area contributed by atoms with E-state index >= 15 is 0 Å². The van der Waals surface area contributed by atoms with Crippen molar-refractivity contribution in [1.29, 1.82) is 0 Å². The standard InChI is InChI=1S/C19H21F2NO3/c1-12(2)14-5-4-13(3)17(10-14)24-11-18(23)22-15-6-8-16(9-7-15)25-19(20)21/h4-10,12,19H,11H2,1-3H3,(H,22,23). The monoisotopic (exact) mass is 349 g/mol. The Kier molecular flexibility index (Phi) is 6.33. The number of hydrogen-bond donors (Lipinski definition) is 1. The average Bonchev–Trinajstić information content (AvgIpc) is 2.55. The zero-order valence-corrected chi connectivity index (χ0v) is 14.4. The van der Waals surface area contributed by atoms with E-state index in [1.165, 1.54) is 24.3 Å². The molecule has 0 unspecified atom stereocenters. The van der Waals surface area contributed by atoms with Crippen LogP contribution >= 0.6 is 0 Å². The normalized spacial score (nSPS) is 10.8. The molecule has 0 aliphatic carbocycles. The maximum atomic E-state index is 12.1. The molecule has 0 aliphatic rings. The number of hydrogen-bond acceptors (Lipinski definition) is 3. The zero-order valence-electron chi connectivity index (χ0n) is 14.4. The van der Waals surface area contributed by atoms with Crippen molar-refractivity contribution in [2.24, 2.45) is 0 Å². The maximum absolute atomic E-state index is 12.1. The second kappa shape index (κ2) is 8.46. The molecule has 0 aliphatic heterocycles. The third kappa shape index (κ3) is 5.74. The second-order valence-electron chi connectivity index (χ2n) is 5.92. The van der Waals surface area contributed by atoms with E-state index in [4.69, 9.17) is 4.74 Å². The van der Waals surface area contributed by atoms with E-state index in [1.807, 2.05) is 25.1 Å². The van der Waals surface area contributed by atoms with E-state index in [9.17, 15) is 13.6 Å². The highest BCUT2D eigenvalue weighted by atomic mass is 19.3. The molecule has 0 spiro atoms. The summed E-state index contributed by atoms with van der Waals surface area (Å²) in [6, 6.07) is 11.6. The summed E-state index contributed by atoms with van der Waals surface area (Å²) in [5.74, 6) is 0.732. The van der Waals surface area contributed by atoms with Gasteiger partial charge in [0.2, 0.25) is 0 Å². The van der Waals surface area contributed by atoms with Crippen molar-refractivity contribution in [3.05, 3.63) is 53.6 Å². The first-order chi connectivity index (χ1) is 11.8. The van der Waals surface area contributed by atoms with Crippen LogP contribution in [0.2, 0.25) is 0 Å². The Morgan fingerprint density at radius 2 is 1.80 bits per heavy atom. The van der Waals surface area contributed by atoms with Crippen LogP contribution in [0.15, 0.2) is 42.5 Å². The minimum atomic E-state index is -2.88. The number of ether oxygens (including phenoxy) is 2. The molecule has 0 saturated heterocycles. The molecular formula is C19H21F2NO3. The zero-order chi connectivity index (χ0) is 18.4. The summed E-state index contributed by atoms with van der Waals surface area (Å²) in [4.78, 5) is 12.0. The molecule has 2 aromatic rings. The molecule has 0 fully saturated rings. The predicted octanol–water partition coefficient (Wildman–Crippen LogP) is 4.74. The molecule has 0 bridgehead atoms. The van der Waals surface area contributed by atoms with Gasteiger partial charge in [0.25, 0.3) is 5.91 Å². The number of nitrogens with one attached hydrogen (secondary N) is 1. The van der Waals surface area contributed by atoms with Crippen LogP contribution in [0.25, 0.3) is 0 Å². The van der Waals surface area contributed by atoms with Crippen LogP contribution in [-0.2, 0) is 4.79 Å². The van der Waals surface area contributed by atoms with Gasteiger partial charge in [-0.1, -0.05) is 26.0 Å². The quantitative estimate of drug-likeness (QED) is 0.785. The Balaban J connectivity index is 1.91. The molecule has 2 aromatic carbocycles. The molecule has 6 heteroatoms. The van der Waals surface area contributed by atoms with E-state index in [2.05, 4.69) is 23.9 Å². The third-order valence-electron chi connectivity index (χ3n) is 3.60. The van der Waals surface area contributed by atoms with E-state index in [1.54, 1.807) is 0 Å². The molecule has 0 aromatic heterocycles. The minimum absolute atomic E-state index is 0.0328. The molecule has 25 heavy (non-hydrogen) atoms. The highest BCUT2D eigenvalue weighted by molar-refractivity contribution is 5.91. The second-order valence-corrected chi connectivity index (χ2v) is 5.92. The van der Waals surface area contributed by atoms with Gasteiger partial charge in [0.15, 0.2) is 6.61 Å². The van der Waals surface area contributed by atoms with Crippen molar-refractivity contribution < 1.29 is 23.0 Å². The molecule has 0 heterocycles. The lowest BCUT2D eigenvalue weighted by Crippen LogP contribution is -2.20. The summed E-state index contributed by atoms with van der Waals surface area (Å²) in [6.07, 6.45) is 0. The number of alkyl halides is 2. The van der Waals surface area contributed by atoms with E-state index in [0.29, 0.717) is 17.4 Å². The number of benzene rings is 2. The van der Waals surface area contributed by atoms with Crippen molar-refractivity contribution in [2.45, 2.75) is 33.3 Å². The van der Waals surface area contributed by atoms with Crippen molar-refractivity contribution >= 4 is 11.6 Å². The Labute approximate surface area is 145 Å². The lowest BCUT2D eigenvalue weighted by molar-refractivity contribution is -0.118. The van der Waals surface area contributed by atoms with E-state index in [0.717, 1.165) is 11.1 Å². The molecule has 1 N–H and O–H groups in total. The summed E-state index contributed by atoms with van der Waals surface area (Å²) in [6.45, 7) is 3.07. The number of carbonyl (C=O) groups is 1. The number of carbonyl (C=O) groups excluding carboxylic acids is 1. The Hall–Kier alpha value is -2.63. The van der Waals surface area contributed by atoms with Gasteiger partial charge in [-0.15, -0.1) is 0 Å². The number of halogens is 2. The lowest BCUT2D eigenvalue weighted by Gasteiger charge is -2.13. The van der Waals surface area contributed by atoms with Gasteiger partial charge in [-0.25, -0.2) is 0 Å². The summed E-state index contributed by atoms with van der Waals surface area (Å²) in [5, 5.41) is 2.64. The van der Waals surface area contributed by atoms with Crippen LogP contribution in [0.5, 0.6) is 11.5 Å². The summed E-state index contributed by atoms with van der Waals surface area (Å²) < 4.78 is 34.0. The smallest absolute Gasteiger partial charge is 0.387 e. The summed E-state index contributed by atoms with van der Waals surface area (Å²) in [7, 11) is 0. The van der Waals surface area contributed by atoms with Crippen LogP contribution in [0.4, 0.5) is 14.5 Å². The highest BCUT2D eigenvalue weighted by Gasteiger charge is 2.09. The molecular weight excluding hydrogens is 328 g/mol. The summed E-state index contributed by atoms with van der Waals surface area (Å²) in [5.41, 5.74) is 2.56. The first-order valence-corrected chi connectivity index (χ1v) is 7.93.